The molecule has 0 radical (unpaired) electrons. The van der Waals surface area contributed by atoms with Crippen molar-refractivity contribution in [3.63, 3.8) is 0 Å². The average Bonchev–Trinajstić information content (AvgIpc) is 2.17. The summed E-state index contributed by atoms with van der Waals surface area (Å²) in [6.07, 6.45) is -1.92. The van der Waals surface area contributed by atoms with E-state index in [4.69, 9.17) is 15.9 Å². The molecule has 4 N–H and O–H groups in total. The van der Waals surface area contributed by atoms with E-state index in [9.17, 15) is 4.79 Å². The molecule has 1 aliphatic rings. The fourth-order valence-corrected chi connectivity index (χ4v) is 0.813. The monoisotopic (exact) mass is 147 g/mol. The molecule has 1 aliphatic heterocycles. The number of carbonyl (C=O) groups excluding carboxylic acids is 1. The summed E-state index contributed by atoms with van der Waals surface area (Å²) >= 11 is 0. The third-order valence-electron chi connectivity index (χ3n) is 1.47. The summed E-state index contributed by atoms with van der Waals surface area (Å²) in [6.45, 7) is -0.388. The van der Waals surface area contributed by atoms with Gasteiger partial charge in [-0.1, -0.05) is 0 Å². The van der Waals surface area contributed by atoms with Crippen molar-refractivity contribution in [2.75, 3.05) is 6.61 Å². The van der Waals surface area contributed by atoms with Crippen LogP contribution in [0.15, 0.2) is 0 Å². The Morgan fingerprint density at radius 2 is 2.30 bits per heavy atom. The average molecular weight is 147 g/mol. The van der Waals surface area contributed by atoms with E-state index in [1.165, 1.54) is 0 Å². The molecular weight excluding hydrogens is 138 g/mol. The van der Waals surface area contributed by atoms with Crippen LogP contribution in [0, 0.1) is 0 Å². The third kappa shape index (κ3) is 0.985. The van der Waals surface area contributed by atoms with E-state index in [0.717, 1.165) is 0 Å². The second-order valence-corrected chi connectivity index (χ2v) is 2.17. The minimum absolute atomic E-state index is 0.388. The highest BCUT2D eigenvalue weighted by Gasteiger charge is 2.40. The van der Waals surface area contributed by atoms with Gasteiger partial charge in [0.2, 0.25) is 0 Å². The number of rotatable bonds is 1. The summed E-state index contributed by atoms with van der Waals surface area (Å²) < 4.78 is 4.47. The van der Waals surface area contributed by atoms with Gasteiger partial charge in [-0.25, -0.2) is 0 Å². The van der Waals surface area contributed by atoms with Gasteiger partial charge in [-0.2, -0.15) is 0 Å². The van der Waals surface area contributed by atoms with Crippen LogP contribution in [0.4, 0.5) is 0 Å². The maximum Gasteiger partial charge on any atom is 0.326 e. The van der Waals surface area contributed by atoms with Crippen LogP contribution in [0.3, 0.4) is 0 Å². The van der Waals surface area contributed by atoms with Gasteiger partial charge >= 0.3 is 5.97 Å². The molecule has 0 aromatic rings. The van der Waals surface area contributed by atoms with Crippen molar-refractivity contribution in [2.24, 2.45) is 5.73 Å². The Kier molecular flexibility index (Phi) is 1.89. The molecule has 0 unspecified atom stereocenters. The number of cyclic esters (lactones) is 1. The number of hydrogen-bond donors (Lipinski definition) is 3. The second-order valence-electron chi connectivity index (χ2n) is 2.17. The summed E-state index contributed by atoms with van der Waals surface area (Å²) in [5, 5.41) is 17.5. The molecule has 0 aromatic carbocycles. The van der Waals surface area contributed by atoms with Crippen LogP contribution in [0.25, 0.3) is 0 Å². The largest absolute Gasteiger partial charge is 0.456 e. The van der Waals surface area contributed by atoms with Gasteiger partial charge in [0.15, 0.2) is 6.10 Å². The van der Waals surface area contributed by atoms with Crippen LogP contribution in [-0.4, -0.2) is 41.0 Å². The Bertz CT molecular complexity index is 149. The van der Waals surface area contributed by atoms with Crippen molar-refractivity contribution in [1.29, 1.82) is 0 Å². The molecule has 1 heterocycles. The second kappa shape index (κ2) is 2.53. The first kappa shape index (κ1) is 7.46. The topological polar surface area (TPSA) is 92.8 Å². The van der Waals surface area contributed by atoms with Crippen LogP contribution in [-0.2, 0) is 9.53 Å². The Labute approximate surface area is 57.4 Å². The molecule has 0 bridgehead atoms. The molecule has 5 nitrogen and oxygen atoms in total. The van der Waals surface area contributed by atoms with Crippen molar-refractivity contribution < 1.29 is 19.7 Å². The fraction of sp³-hybridized carbons (Fsp3) is 0.800. The number of aliphatic hydroxyl groups is 2. The van der Waals surface area contributed by atoms with E-state index in [1.54, 1.807) is 0 Å². The van der Waals surface area contributed by atoms with Gasteiger partial charge in [0.1, 0.15) is 12.1 Å². The van der Waals surface area contributed by atoms with Crippen LogP contribution >= 0.6 is 0 Å². The maximum absolute atomic E-state index is 10.5. The molecule has 1 saturated heterocycles. The van der Waals surface area contributed by atoms with Gasteiger partial charge in [-0.3, -0.25) is 4.79 Å². The van der Waals surface area contributed by atoms with Crippen LogP contribution in [0.1, 0.15) is 0 Å². The Balaban J connectivity index is 2.61. The zero-order valence-electron chi connectivity index (χ0n) is 5.23. The van der Waals surface area contributed by atoms with Crippen molar-refractivity contribution in [3.05, 3.63) is 0 Å². The molecule has 0 aliphatic carbocycles. The van der Waals surface area contributed by atoms with Crippen LogP contribution in [0.2, 0.25) is 0 Å². The van der Waals surface area contributed by atoms with Gasteiger partial charge in [-0.05, 0) is 0 Å². The van der Waals surface area contributed by atoms with E-state index < -0.39 is 24.2 Å². The number of esters is 1. The molecule has 3 atom stereocenters. The standard InChI is InChI=1S/C5H9NO4/c6-3-4(8)2(1-7)10-5(3)9/h2-4,7-8H,1,6H2/t2-,3-,4+/m1/s1. The van der Waals surface area contributed by atoms with Gasteiger partial charge in [0.05, 0.1) is 6.61 Å². The normalized spacial score (nSPS) is 39.9. The summed E-state index contributed by atoms with van der Waals surface area (Å²) in [5.41, 5.74) is 5.15. The molecule has 0 saturated carbocycles. The molecule has 1 fully saturated rings. The maximum atomic E-state index is 10.5. The Hall–Kier alpha value is -0.650. The lowest BCUT2D eigenvalue weighted by Gasteiger charge is -2.08. The van der Waals surface area contributed by atoms with E-state index in [0.29, 0.717) is 0 Å². The molecule has 0 aromatic heterocycles. The quantitative estimate of drug-likeness (QED) is 0.359. The first-order chi connectivity index (χ1) is 4.66. The molecule has 1 rings (SSSR count). The van der Waals surface area contributed by atoms with Crippen molar-refractivity contribution >= 4 is 5.97 Å². The van der Waals surface area contributed by atoms with Crippen LogP contribution in [0.5, 0.6) is 0 Å². The number of carbonyl (C=O) groups is 1. The van der Waals surface area contributed by atoms with Gasteiger partial charge in [-0.15, -0.1) is 0 Å². The Morgan fingerprint density at radius 3 is 2.50 bits per heavy atom. The van der Waals surface area contributed by atoms with Crippen molar-refractivity contribution in [1.82, 2.24) is 0 Å². The predicted molar refractivity (Wildman–Crippen MR) is 30.9 cm³/mol. The van der Waals surface area contributed by atoms with Gasteiger partial charge in [0, 0.05) is 0 Å². The predicted octanol–water partition coefficient (Wildman–Crippen LogP) is -2.41. The zero-order chi connectivity index (χ0) is 7.72. The highest BCUT2D eigenvalue weighted by molar-refractivity contribution is 5.78. The highest BCUT2D eigenvalue weighted by Crippen LogP contribution is 2.12. The van der Waals surface area contributed by atoms with E-state index >= 15 is 0 Å². The summed E-state index contributed by atoms with van der Waals surface area (Å²) in [4.78, 5) is 10.5. The first-order valence-corrected chi connectivity index (χ1v) is 2.92. The summed E-state index contributed by atoms with van der Waals surface area (Å²) in [6, 6.07) is -1.00. The number of aliphatic hydroxyl groups excluding tert-OH is 2. The fourth-order valence-electron chi connectivity index (χ4n) is 0.813. The lowest BCUT2D eigenvalue weighted by molar-refractivity contribution is -0.143. The molecule has 0 amide bonds. The minimum atomic E-state index is -1.07. The van der Waals surface area contributed by atoms with Crippen molar-refractivity contribution in [3.8, 4) is 0 Å². The lowest BCUT2D eigenvalue weighted by atomic mass is 10.1. The van der Waals surface area contributed by atoms with E-state index in [2.05, 4.69) is 4.74 Å². The van der Waals surface area contributed by atoms with Gasteiger partial charge < -0.3 is 20.7 Å². The summed E-state index contributed by atoms with van der Waals surface area (Å²) in [7, 11) is 0. The number of hydrogen-bond acceptors (Lipinski definition) is 5. The minimum Gasteiger partial charge on any atom is -0.456 e. The lowest BCUT2D eigenvalue weighted by Crippen LogP contribution is -2.39. The van der Waals surface area contributed by atoms with Crippen LogP contribution < -0.4 is 5.73 Å². The molecular formula is C5H9NO4. The number of ether oxygens (including phenoxy) is 1. The summed E-state index contributed by atoms with van der Waals surface area (Å²) in [5.74, 6) is -0.661. The van der Waals surface area contributed by atoms with Gasteiger partial charge in [0.25, 0.3) is 0 Å². The van der Waals surface area contributed by atoms with E-state index in [1.807, 2.05) is 0 Å². The molecule has 10 heavy (non-hydrogen) atoms. The molecule has 5 heteroatoms. The zero-order valence-corrected chi connectivity index (χ0v) is 5.23. The smallest absolute Gasteiger partial charge is 0.326 e. The van der Waals surface area contributed by atoms with E-state index in [-0.39, 0.29) is 6.61 Å². The third-order valence-corrected chi connectivity index (χ3v) is 1.47. The van der Waals surface area contributed by atoms with Crippen molar-refractivity contribution in [2.45, 2.75) is 18.2 Å². The Morgan fingerprint density at radius 1 is 1.70 bits per heavy atom. The first-order valence-electron chi connectivity index (χ1n) is 2.92. The molecule has 58 valence electrons. The molecule has 0 spiro atoms. The number of nitrogens with two attached hydrogens (primary N) is 1. The highest BCUT2D eigenvalue weighted by atomic mass is 16.6. The SMILES string of the molecule is N[C@H]1C(=O)O[C@H](CO)[C@@H]1O.